The molecular formula is C15H12N4O2. The molecule has 0 radical (unpaired) electrons. The Labute approximate surface area is 120 Å². The second kappa shape index (κ2) is 4.20. The van der Waals surface area contributed by atoms with Crippen molar-refractivity contribution in [2.75, 3.05) is 11.4 Å². The average molecular weight is 280 g/mol. The Morgan fingerprint density at radius 3 is 2.71 bits per heavy atom. The van der Waals surface area contributed by atoms with Crippen molar-refractivity contribution in [3.8, 4) is 0 Å². The van der Waals surface area contributed by atoms with Crippen LogP contribution in [-0.4, -0.2) is 38.8 Å². The van der Waals surface area contributed by atoms with E-state index in [9.17, 15) is 9.90 Å². The first-order chi connectivity index (χ1) is 10.2. The summed E-state index contributed by atoms with van der Waals surface area (Å²) in [6.45, 7) is 0.534. The molecule has 6 nitrogen and oxygen atoms in total. The average Bonchev–Trinajstić information content (AvgIpc) is 2.87. The third-order valence-corrected chi connectivity index (χ3v) is 3.94. The first kappa shape index (κ1) is 12.2. The fourth-order valence-electron chi connectivity index (χ4n) is 2.86. The summed E-state index contributed by atoms with van der Waals surface area (Å²) in [4.78, 5) is 26.9. The third-order valence-electron chi connectivity index (χ3n) is 3.94. The number of rotatable bonds is 1. The molecule has 104 valence electrons. The van der Waals surface area contributed by atoms with Crippen molar-refractivity contribution < 1.29 is 9.90 Å². The number of hydrogen-bond acceptors (Lipinski definition) is 6. The number of carbonyl (C=O) groups is 1. The Kier molecular flexibility index (Phi) is 2.43. The van der Waals surface area contributed by atoms with Gasteiger partial charge >= 0.3 is 0 Å². The van der Waals surface area contributed by atoms with Crippen molar-refractivity contribution in [1.82, 2.24) is 9.97 Å². The molecule has 0 saturated carbocycles. The van der Waals surface area contributed by atoms with Crippen LogP contribution in [0.2, 0.25) is 0 Å². The maximum absolute atomic E-state index is 12.6. The highest BCUT2D eigenvalue weighted by molar-refractivity contribution is 6.28. The number of nitrogens with zero attached hydrogens (tertiary/aromatic N) is 4. The topological polar surface area (TPSA) is 78.7 Å². The molecule has 2 aromatic rings. The van der Waals surface area contributed by atoms with E-state index >= 15 is 0 Å². The molecule has 1 atom stereocenters. The molecule has 21 heavy (non-hydrogen) atoms. The molecule has 2 aromatic heterocycles. The number of ketones is 1. The predicted octanol–water partition coefficient (Wildman–Crippen LogP) is 1.34. The van der Waals surface area contributed by atoms with Crippen LogP contribution in [0.1, 0.15) is 16.8 Å². The normalized spacial score (nSPS) is 23.6. The summed E-state index contributed by atoms with van der Waals surface area (Å²) in [6, 6.07) is 5.26. The van der Waals surface area contributed by atoms with Gasteiger partial charge < -0.3 is 10.0 Å². The fraction of sp³-hybridized carbons (Fsp3) is 0.200. The largest absolute Gasteiger partial charge is 0.374 e. The summed E-state index contributed by atoms with van der Waals surface area (Å²) in [5.74, 6) is 0.0701. The molecule has 1 saturated heterocycles. The van der Waals surface area contributed by atoms with Crippen LogP contribution < -0.4 is 4.90 Å². The van der Waals surface area contributed by atoms with E-state index < -0.39 is 5.60 Å². The minimum Gasteiger partial charge on any atom is -0.374 e. The Hall–Kier alpha value is -2.60. The number of Topliss-reactive ketones (excluding diaryl/α,β-unsaturated/α-hetero) is 1. The van der Waals surface area contributed by atoms with E-state index in [4.69, 9.17) is 0 Å². The first-order valence-electron chi connectivity index (χ1n) is 6.68. The molecule has 6 heteroatoms. The SMILES string of the molecule is O=C1c2ccncc2N=C2N(c3ccncc3)CCC12O. The Balaban J connectivity index is 1.88. The standard InChI is InChI=1S/C15H12N4O2/c20-13-11-3-7-17-9-12(11)18-14-15(13,21)4-8-19(14)10-1-5-16-6-2-10/h1-3,5-7,9,21H,4,8H2. The van der Waals surface area contributed by atoms with Gasteiger partial charge in [0.1, 0.15) is 5.84 Å². The lowest BCUT2D eigenvalue weighted by molar-refractivity contribution is 0.0602. The lowest BCUT2D eigenvalue weighted by Gasteiger charge is -2.29. The van der Waals surface area contributed by atoms with Gasteiger partial charge in [-0.05, 0) is 18.2 Å². The molecule has 1 unspecified atom stereocenters. The van der Waals surface area contributed by atoms with E-state index in [1.807, 2.05) is 17.0 Å². The van der Waals surface area contributed by atoms with Crippen molar-refractivity contribution in [3.63, 3.8) is 0 Å². The van der Waals surface area contributed by atoms with Crippen LogP contribution in [0.5, 0.6) is 0 Å². The Bertz CT molecular complexity index is 759. The minimum atomic E-state index is -1.54. The maximum atomic E-state index is 12.6. The lowest BCUT2D eigenvalue weighted by Crippen LogP contribution is -2.48. The van der Waals surface area contributed by atoms with Gasteiger partial charge in [-0.15, -0.1) is 0 Å². The van der Waals surface area contributed by atoms with Crippen LogP contribution >= 0.6 is 0 Å². The second-order valence-electron chi connectivity index (χ2n) is 5.12. The number of aromatic nitrogens is 2. The summed E-state index contributed by atoms with van der Waals surface area (Å²) in [6.07, 6.45) is 6.76. The van der Waals surface area contributed by atoms with Gasteiger partial charge in [0.25, 0.3) is 0 Å². The number of aliphatic hydroxyl groups is 1. The van der Waals surface area contributed by atoms with E-state index in [2.05, 4.69) is 15.0 Å². The summed E-state index contributed by atoms with van der Waals surface area (Å²) in [5.41, 5.74) is 0.244. The molecule has 1 N–H and O–H groups in total. The molecule has 4 heterocycles. The smallest absolute Gasteiger partial charge is 0.204 e. The summed E-state index contributed by atoms with van der Waals surface area (Å²) < 4.78 is 0. The molecule has 0 amide bonds. The number of anilines is 1. The molecule has 2 aliphatic rings. The maximum Gasteiger partial charge on any atom is 0.204 e. The minimum absolute atomic E-state index is 0.304. The highest BCUT2D eigenvalue weighted by Gasteiger charge is 2.52. The summed E-state index contributed by atoms with van der Waals surface area (Å²) in [7, 11) is 0. The van der Waals surface area contributed by atoms with Gasteiger partial charge in [0.15, 0.2) is 5.60 Å². The molecular weight excluding hydrogens is 268 g/mol. The van der Waals surface area contributed by atoms with Gasteiger partial charge in [-0.2, -0.15) is 0 Å². The van der Waals surface area contributed by atoms with Crippen molar-refractivity contribution >= 4 is 23.0 Å². The quantitative estimate of drug-likeness (QED) is 0.853. The van der Waals surface area contributed by atoms with Gasteiger partial charge in [-0.25, -0.2) is 4.99 Å². The zero-order valence-electron chi connectivity index (χ0n) is 11.1. The van der Waals surface area contributed by atoms with E-state index in [1.165, 1.54) is 6.20 Å². The third kappa shape index (κ3) is 1.62. The number of pyridine rings is 2. The van der Waals surface area contributed by atoms with Crippen LogP contribution in [0.4, 0.5) is 11.4 Å². The van der Waals surface area contributed by atoms with Crippen LogP contribution in [0.15, 0.2) is 48.0 Å². The highest BCUT2D eigenvalue weighted by Crippen LogP contribution is 2.38. The molecule has 1 fully saturated rings. The fourth-order valence-corrected chi connectivity index (χ4v) is 2.86. The highest BCUT2D eigenvalue weighted by atomic mass is 16.3. The monoisotopic (exact) mass is 280 g/mol. The van der Waals surface area contributed by atoms with Crippen molar-refractivity contribution in [2.45, 2.75) is 12.0 Å². The molecule has 4 rings (SSSR count). The number of hydrogen-bond donors (Lipinski definition) is 1. The lowest BCUT2D eigenvalue weighted by atomic mass is 9.88. The van der Waals surface area contributed by atoms with Gasteiger partial charge in [-0.3, -0.25) is 14.8 Å². The van der Waals surface area contributed by atoms with E-state index in [0.29, 0.717) is 30.1 Å². The van der Waals surface area contributed by atoms with Crippen LogP contribution in [0.25, 0.3) is 0 Å². The molecule has 0 aliphatic carbocycles. The van der Waals surface area contributed by atoms with Crippen molar-refractivity contribution in [2.24, 2.45) is 4.99 Å². The van der Waals surface area contributed by atoms with E-state index in [1.54, 1.807) is 24.7 Å². The van der Waals surface area contributed by atoms with Crippen LogP contribution in [0, 0.1) is 0 Å². The molecule has 0 aromatic carbocycles. The number of aliphatic imine (C=N–C) groups is 1. The van der Waals surface area contributed by atoms with Gasteiger partial charge in [0, 0.05) is 37.2 Å². The number of fused-ring (bicyclic) bond motifs is 2. The Morgan fingerprint density at radius 1 is 1.14 bits per heavy atom. The molecule has 0 bridgehead atoms. The molecule has 0 spiro atoms. The van der Waals surface area contributed by atoms with Gasteiger partial charge in [-0.1, -0.05) is 0 Å². The predicted molar refractivity (Wildman–Crippen MR) is 76.8 cm³/mol. The summed E-state index contributed by atoms with van der Waals surface area (Å²) >= 11 is 0. The first-order valence-corrected chi connectivity index (χ1v) is 6.68. The molecule has 2 aliphatic heterocycles. The van der Waals surface area contributed by atoms with Crippen molar-refractivity contribution in [3.05, 3.63) is 48.5 Å². The Morgan fingerprint density at radius 2 is 1.90 bits per heavy atom. The second-order valence-corrected chi connectivity index (χ2v) is 5.12. The number of carbonyl (C=O) groups excluding carboxylic acids is 1. The van der Waals surface area contributed by atoms with Gasteiger partial charge in [0.2, 0.25) is 5.78 Å². The van der Waals surface area contributed by atoms with Crippen LogP contribution in [-0.2, 0) is 0 Å². The van der Waals surface area contributed by atoms with Gasteiger partial charge in [0.05, 0.1) is 17.4 Å². The zero-order chi connectivity index (χ0) is 14.4. The van der Waals surface area contributed by atoms with Crippen LogP contribution in [0.3, 0.4) is 0 Å². The van der Waals surface area contributed by atoms with E-state index in [-0.39, 0.29) is 5.78 Å². The summed E-state index contributed by atoms with van der Waals surface area (Å²) in [5, 5.41) is 10.8. The zero-order valence-corrected chi connectivity index (χ0v) is 11.1. The van der Waals surface area contributed by atoms with E-state index in [0.717, 1.165) is 5.69 Å². The number of amidine groups is 1. The van der Waals surface area contributed by atoms with Crippen molar-refractivity contribution in [1.29, 1.82) is 0 Å².